The zero-order chi connectivity index (χ0) is 18.6. The zero-order valence-corrected chi connectivity index (χ0v) is 18.4. The molecule has 0 aliphatic heterocycles. The van der Waals surface area contributed by atoms with Crippen LogP contribution in [-0.2, 0) is 0 Å². The van der Waals surface area contributed by atoms with Crippen LogP contribution in [0.25, 0.3) is 0 Å². The Morgan fingerprint density at radius 1 is 0.760 bits per heavy atom. The van der Waals surface area contributed by atoms with Gasteiger partial charge in [0.15, 0.2) is 0 Å². The fraction of sp³-hybridized carbons (Fsp3) is 0.960. The molecule has 0 heterocycles. The Bertz CT molecular complexity index is 368. The molecule has 2 aliphatic carbocycles. The minimum atomic E-state index is 0.849. The fourth-order valence-electron chi connectivity index (χ4n) is 6.37. The van der Waals surface area contributed by atoms with Crippen LogP contribution in [-0.4, -0.2) is 0 Å². The molecule has 0 saturated heterocycles. The highest BCUT2D eigenvalue weighted by molar-refractivity contribution is 4.97. The number of hydrogen-bond donors (Lipinski definition) is 0. The standard InChI is InChI=1S/C25H47/c1-8-9-21(25-15-20(7)11-13-24(25)18(4)5)16-22-14-19(6)10-12-23(22)17(2)3/h16-25H,8-15H2,1-7H3. The summed E-state index contributed by atoms with van der Waals surface area (Å²) in [6, 6.07) is 0. The van der Waals surface area contributed by atoms with E-state index in [2.05, 4.69) is 54.9 Å². The first-order valence-corrected chi connectivity index (χ1v) is 11.7. The molecule has 7 atom stereocenters. The number of rotatable bonds is 7. The van der Waals surface area contributed by atoms with Crippen molar-refractivity contribution in [3.63, 3.8) is 0 Å². The second-order valence-corrected chi connectivity index (χ2v) is 10.6. The van der Waals surface area contributed by atoms with Crippen molar-refractivity contribution in [3.05, 3.63) is 6.42 Å². The highest BCUT2D eigenvalue weighted by atomic mass is 14.4. The van der Waals surface area contributed by atoms with E-state index in [0.717, 1.165) is 53.3 Å². The lowest BCUT2D eigenvalue weighted by Crippen LogP contribution is -2.37. The van der Waals surface area contributed by atoms with Crippen LogP contribution in [0, 0.1) is 59.7 Å². The average molecular weight is 348 g/mol. The largest absolute Gasteiger partial charge is 0.0654 e. The van der Waals surface area contributed by atoms with E-state index in [1.165, 1.54) is 51.4 Å². The van der Waals surface area contributed by atoms with Gasteiger partial charge in [-0.1, -0.05) is 74.1 Å². The lowest BCUT2D eigenvalue weighted by Gasteiger charge is -2.45. The molecule has 1 radical (unpaired) electrons. The summed E-state index contributed by atoms with van der Waals surface area (Å²) in [5, 5.41) is 0. The van der Waals surface area contributed by atoms with Gasteiger partial charge in [0.1, 0.15) is 0 Å². The maximum absolute atomic E-state index is 2.92. The Kier molecular flexibility index (Phi) is 8.35. The van der Waals surface area contributed by atoms with Crippen molar-refractivity contribution in [2.45, 2.75) is 99.8 Å². The van der Waals surface area contributed by atoms with Crippen LogP contribution in [0.1, 0.15) is 99.8 Å². The van der Waals surface area contributed by atoms with Gasteiger partial charge in [-0.05, 0) is 85.4 Å². The maximum atomic E-state index is 2.92. The summed E-state index contributed by atoms with van der Waals surface area (Å²) in [5.41, 5.74) is 0. The topological polar surface area (TPSA) is 0 Å². The van der Waals surface area contributed by atoms with Gasteiger partial charge in [-0.3, -0.25) is 0 Å². The zero-order valence-electron chi connectivity index (χ0n) is 18.4. The van der Waals surface area contributed by atoms with Crippen LogP contribution in [0.4, 0.5) is 0 Å². The van der Waals surface area contributed by atoms with Crippen molar-refractivity contribution in [2.75, 3.05) is 0 Å². The Labute approximate surface area is 159 Å². The SMILES string of the molecule is CCCC([CH]C1CC(C)CCC1C(C)C)C1CC(C)CCC1C(C)C. The summed E-state index contributed by atoms with van der Waals surface area (Å²) >= 11 is 0. The molecule has 2 rings (SSSR count). The molecule has 0 amide bonds. The van der Waals surface area contributed by atoms with Crippen LogP contribution in [0.3, 0.4) is 0 Å². The quantitative estimate of drug-likeness (QED) is 0.437. The van der Waals surface area contributed by atoms with Gasteiger partial charge in [-0.15, -0.1) is 0 Å². The van der Waals surface area contributed by atoms with Gasteiger partial charge in [0.2, 0.25) is 0 Å². The van der Waals surface area contributed by atoms with Crippen LogP contribution >= 0.6 is 0 Å². The van der Waals surface area contributed by atoms with Gasteiger partial charge < -0.3 is 0 Å². The summed E-state index contributed by atoms with van der Waals surface area (Å²) < 4.78 is 0. The normalized spacial score (nSPS) is 38.3. The van der Waals surface area contributed by atoms with Gasteiger partial charge in [0.05, 0.1) is 0 Å². The summed E-state index contributed by atoms with van der Waals surface area (Å²) in [5.74, 6) is 8.19. The molecule has 147 valence electrons. The third kappa shape index (κ3) is 5.74. The second kappa shape index (κ2) is 9.80. The minimum absolute atomic E-state index is 0.849. The molecule has 0 nitrogen and oxygen atoms in total. The van der Waals surface area contributed by atoms with Crippen molar-refractivity contribution in [1.29, 1.82) is 0 Å². The summed E-state index contributed by atoms with van der Waals surface area (Å²) in [6.45, 7) is 17.3. The molecule has 2 fully saturated rings. The first-order valence-electron chi connectivity index (χ1n) is 11.7. The van der Waals surface area contributed by atoms with E-state index in [1.807, 2.05) is 0 Å². The molecular weight excluding hydrogens is 300 g/mol. The molecule has 25 heavy (non-hydrogen) atoms. The van der Waals surface area contributed by atoms with Crippen molar-refractivity contribution in [3.8, 4) is 0 Å². The van der Waals surface area contributed by atoms with E-state index in [-0.39, 0.29) is 0 Å². The lowest BCUT2D eigenvalue weighted by molar-refractivity contribution is 0.0802. The Morgan fingerprint density at radius 3 is 1.88 bits per heavy atom. The molecule has 0 spiro atoms. The molecule has 0 aromatic rings. The lowest BCUT2D eigenvalue weighted by atomic mass is 9.60. The average Bonchev–Trinajstić information content (AvgIpc) is 2.53. The minimum Gasteiger partial charge on any atom is -0.0654 e. The molecule has 0 heteroatoms. The monoisotopic (exact) mass is 347 g/mol. The Morgan fingerprint density at radius 2 is 1.32 bits per heavy atom. The highest BCUT2D eigenvalue weighted by Crippen LogP contribution is 2.48. The summed E-state index contributed by atoms with van der Waals surface area (Å²) in [7, 11) is 0. The van der Waals surface area contributed by atoms with E-state index in [4.69, 9.17) is 0 Å². The van der Waals surface area contributed by atoms with Gasteiger partial charge in [-0.2, -0.15) is 0 Å². The summed E-state index contributed by atoms with van der Waals surface area (Å²) in [4.78, 5) is 0. The molecule has 2 saturated carbocycles. The molecule has 0 aromatic carbocycles. The first kappa shape index (κ1) is 21.3. The van der Waals surface area contributed by atoms with E-state index in [0.29, 0.717) is 0 Å². The van der Waals surface area contributed by atoms with Crippen LogP contribution in [0.15, 0.2) is 0 Å². The third-order valence-electron chi connectivity index (χ3n) is 7.81. The van der Waals surface area contributed by atoms with Gasteiger partial charge in [-0.25, -0.2) is 0 Å². The molecular formula is C25H47. The van der Waals surface area contributed by atoms with Crippen LogP contribution in [0.5, 0.6) is 0 Å². The molecule has 0 N–H and O–H groups in total. The molecule has 0 bridgehead atoms. The van der Waals surface area contributed by atoms with Gasteiger partial charge in [0.25, 0.3) is 0 Å². The highest BCUT2D eigenvalue weighted by Gasteiger charge is 2.39. The predicted molar refractivity (Wildman–Crippen MR) is 112 cm³/mol. The molecule has 7 unspecified atom stereocenters. The van der Waals surface area contributed by atoms with Crippen molar-refractivity contribution < 1.29 is 0 Å². The predicted octanol–water partition coefficient (Wildman–Crippen LogP) is 8.02. The van der Waals surface area contributed by atoms with Crippen LogP contribution < -0.4 is 0 Å². The second-order valence-electron chi connectivity index (χ2n) is 10.6. The van der Waals surface area contributed by atoms with Crippen LogP contribution in [0.2, 0.25) is 0 Å². The van der Waals surface area contributed by atoms with E-state index >= 15 is 0 Å². The smallest absolute Gasteiger partial charge is 0.0318 e. The Balaban J connectivity index is 2.14. The van der Waals surface area contributed by atoms with E-state index in [9.17, 15) is 0 Å². The number of hydrogen-bond acceptors (Lipinski definition) is 0. The third-order valence-corrected chi connectivity index (χ3v) is 7.81. The van der Waals surface area contributed by atoms with Crippen molar-refractivity contribution >= 4 is 0 Å². The van der Waals surface area contributed by atoms with Gasteiger partial charge in [0, 0.05) is 0 Å². The van der Waals surface area contributed by atoms with Crippen molar-refractivity contribution in [1.82, 2.24) is 0 Å². The van der Waals surface area contributed by atoms with Crippen molar-refractivity contribution in [2.24, 2.45) is 53.3 Å². The molecule has 0 aromatic heterocycles. The Hall–Kier alpha value is 0. The van der Waals surface area contributed by atoms with E-state index < -0.39 is 0 Å². The van der Waals surface area contributed by atoms with E-state index in [1.54, 1.807) is 0 Å². The fourth-order valence-corrected chi connectivity index (χ4v) is 6.37. The first-order chi connectivity index (χ1) is 11.8. The summed E-state index contributed by atoms with van der Waals surface area (Å²) in [6.07, 6.45) is 14.5. The van der Waals surface area contributed by atoms with Gasteiger partial charge >= 0.3 is 0 Å². The molecule has 2 aliphatic rings. The maximum Gasteiger partial charge on any atom is -0.0318 e.